The Labute approximate surface area is 153 Å². The molecule has 0 radical (unpaired) electrons. The smallest absolute Gasteiger partial charge is 0.251 e. The zero-order valence-electron chi connectivity index (χ0n) is 13.5. The molecule has 0 atom stereocenters. The van der Waals surface area contributed by atoms with Crippen molar-refractivity contribution < 1.29 is 9.53 Å². The van der Waals surface area contributed by atoms with E-state index in [2.05, 4.69) is 5.32 Å². The first-order valence-corrected chi connectivity index (χ1v) is 8.00. The first-order valence-electron chi connectivity index (χ1n) is 7.62. The van der Waals surface area contributed by atoms with Gasteiger partial charge in [-0.25, -0.2) is 0 Å². The average Bonchev–Trinajstić information content (AvgIpc) is 2.57. The fourth-order valence-corrected chi connectivity index (χ4v) is 2.44. The van der Waals surface area contributed by atoms with Crippen molar-refractivity contribution in [3.63, 3.8) is 0 Å². The van der Waals surface area contributed by atoms with Gasteiger partial charge in [-0.05, 0) is 54.8 Å². The van der Waals surface area contributed by atoms with Crippen molar-refractivity contribution in [2.24, 2.45) is 5.73 Å². The molecular formula is C18H22Cl2N2O2. The van der Waals surface area contributed by atoms with E-state index in [0.29, 0.717) is 36.7 Å². The molecule has 6 heteroatoms. The number of nitrogens with one attached hydrogen (secondary N) is 1. The van der Waals surface area contributed by atoms with Crippen molar-refractivity contribution in [2.75, 3.05) is 13.2 Å². The van der Waals surface area contributed by atoms with Gasteiger partial charge in [0.05, 0.1) is 6.61 Å². The number of amides is 1. The molecule has 0 bridgehead atoms. The minimum absolute atomic E-state index is 0. The molecule has 0 aliphatic carbocycles. The summed E-state index contributed by atoms with van der Waals surface area (Å²) < 4.78 is 5.58. The van der Waals surface area contributed by atoms with Gasteiger partial charge in [0.25, 0.3) is 5.91 Å². The summed E-state index contributed by atoms with van der Waals surface area (Å²) in [7, 11) is 0. The largest absolute Gasteiger partial charge is 0.494 e. The molecule has 0 fully saturated rings. The van der Waals surface area contributed by atoms with E-state index >= 15 is 0 Å². The molecule has 2 aromatic rings. The number of halogens is 2. The van der Waals surface area contributed by atoms with Gasteiger partial charge in [0.15, 0.2) is 0 Å². The summed E-state index contributed by atoms with van der Waals surface area (Å²) in [6.45, 7) is 3.51. The van der Waals surface area contributed by atoms with Crippen molar-refractivity contribution in [2.45, 2.75) is 19.9 Å². The highest BCUT2D eigenvalue weighted by molar-refractivity contribution is 6.30. The van der Waals surface area contributed by atoms with Crippen molar-refractivity contribution in [1.82, 2.24) is 5.32 Å². The van der Waals surface area contributed by atoms with Gasteiger partial charge < -0.3 is 15.8 Å². The van der Waals surface area contributed by atoms with E-state index in [1.54, 1.807) is 18.2 Å². The zero-order chi connectivity index (χ0) is 16.7. The van der Waals surface area contributed by atoms with E-state index in [-0.39, 0.29) is 18.3 Å². The zero-order valence-corrected chi connectivity index (χ0v) is 15.1. The van der Waals surface area contributed by atoms with E-state index in [1.807, 2.05) is 31.2 Å². The molecule has 1 amide bonds. The van der Waals surface area contributed by atoms with Gasteiger partial charge in [0, 0.05) is 23.7 Å². The molecule has 130 valence electrons. The highest BCUT2D eigenvalue weighted by Crippen LogP contribution is 2.23. The second-order valence-corrected chi connectivity index (χ2v) is 5.53. The summed E-state index contributed by atoms with van der Waals surface area (Å²) in [4.78, 5) is 12.1. The van der Waals surface area contributed by atoms with Crippen LogP contribution in [-0.2, 0) is 13.0 Å². The number of nitrogens with two attached hydrogens (primary N) is 1. The highest BCUT2D eigenvalue weighted by atomic mass is 35.5. The molecule has 0 aliphatic heterocycles. The molecule has 0 saturated heterocycles. The summed E-state index contributed by atoms with van der Waals surface area (Å²) in [5, 5.41) is 3.56. The van der Waals surface area contributed by atoms with Crippen LogP contribution < -0.4 is 15.8 Å². The van der Waals surface area contributed by atoms with Crippen LogP contribution in [0.25, 0.3) is 0 Å². The van der Waals surface area contributed by atoms with Crippen molar-refractivity contribution >= 4 is 29.9 Å². The summed E-state index contributed by atoms with van der Waals surface area (Å²) >= 11 is 6.03. The van der Waals surface area contributed by atoms with Gasteiger partial charge in [-0.15, -0.1) is 12.4 Å². The molecule has 0 saturated carbocycles. The Bertz CT molecular complexity index is 661. The van der Waals surface area contributed by atoms with Gasteiger partial charge in [0.1, 0.15) is 5.75 Å². The molecule has 0 unspecified atom stereocenters. The Morgan fingerprint density at radius 3 is 2.54 bits per heavy atom. The molecule has 0 heterocycles. The van der Waals surface area contributed by atoms with Crippen LogP contribution in [0.2, 0.25) is 5.02 Å². The second kappa shape index (κ2) is 10.2. The Morgan fingerprint density at radius 2 is 1.92 bits per heavy atom. The van der Waals surface area contributed by atoms with Gasteiger partial charge in [-0.1, -0.05) is 23.7 Å². The summed E-state index contributed by atoms with van der Waals surface area (Å²) in [6.07, 6.45) is 0.655. The number of hydrogen-bond acceptors (Lipinski definition) is 3. The summed E-state index contributed by atoms with van der Waals surface area (Å²) in [5.41, 5.74) is 8.16. The monoisotopic (exact) mass is 368 g/mol. The van der Waals surface area contributed by atoms with Crippen LogP contribution >= 0.6 is 24.0 Å². The Balaban J connectivity index is 0.00000288. The standard InChI is InChI=1S/C18H21ClN2O2.ClH/c1-2-23-17-8-7-16(19)11-15(17)9-10-21-18(22)14-5-3-13(12-20)4-6-14;/h3-8,11H,2,9-10,12,20H2,1H3,(H,21,22);1H. The fourth-order valence-electron chi connectivity index (χ4n) is 2.24. The lowest BCUT2D eigenvalue weighted by atomic mass is 10.1. The number of benzene rings is 2. The summed E-state index contributed by atoms with van der Waals surface area (Å²) in [6, 6.07) is 12.8. The van der Waals surface area contributed by atoms with Crippen LogP contribution in [0.1, 0.15) is 28.4 Å². The lowest BCUT2D eigenvalue weighted by Gasteiger charge is -2.11. The topological polar surface area (TPSA) is 64.3 Å². The lowest BCUT2D eigenvalue weighted by Crippen LogP contribution is -2.25. The van der Waals surface area contributed by atoms with Crippen LogP contribution in [0, 0.1) is 0 Å². The fraction of sp³-hybridized carbons (Fsp3) is 0.278. The van der Waals surface area contributed by atoms with Gasteiger partial charge in [-0.3, -0.25) is 4.79 Å². The number of carbonyl (C=O) groups is 1. The van der Waals surface area contributed by atoms with Crippen LogP contribution in [0.15, 0.2) is 42.5 Å². The number of hydrogen-bond donors (Lipinski definition) is 2. The molecule has 0 aromatic heterocycles. The Kier molecular flexibility index (Phi) is 8.61. The van der Waals surface area contributed by atoms with Gasteiger partial charge in [-0.2, -0.15) is 0 Å². The maximum Gasteiger partial charge on any atom is 0.251 e. The third-order valence-electron chi connectivity index (χ3n) is 3.45. The Hall–Kier alpha value is -1.75. The maximum absolute atomic E-state index is 12.1. The molecule has 3 N–H and O–H groups in total. The molecule has 2 aromatic carbocycles. The first kappa shape index (κ1) is 20.3. The lowest BCUT2D eigenvalue weighted by molar-refractivity contribution is 0.0954. The third kappa shape index (κ3) is 5.71. The maximum atomic E-state index is 12.1. The quantitative estimate of drug-likeness (QED) is 0.784. The first-order chi connectivity index (χ1) is 11.1. The van der Waals surface area contributed by atoms with E-state index in [1.165, 1.54) is 0 Å². The van der Waals surface area contributed by atoms with Crippen molar-refractivity contribution in [3.8, 4) is 5.75 Å². The second-order valence-electron chi connectivity index (χ2n) is 5.09. The third-order valence-corrected chi connectivity index (χ3v) is 3.69. The van der Waals surface area contributed by atoms with Gasteiger partial charge >= 0.3 is 0 Å². The molecule has 0 aliphatic rings. The molecule has 4 nitrogen and oxygen atoms in total. The van der Waals surface area contributed by atoms with Crippen LogP contribution in [0.3, 0.4) is 0 Å². The minimum Gasteiger partial charge on any atom is -0.494 e. The molecule has 24 heavy (non-hydrogen) atoms. The van der Waals surface area contributed by atoms with Crippen LogP contribution in [-0.4, -0.2) is 19.1 Å². The van der Waals surface area contributed by atoms with Crippen molar-refractivity contribution in [3.05, 3.63) is 64.2 Å². The minimum atomic E-state index is -0.103. The molecule has 0 spiro atoms. The van der Waals surface area contributed by atoms with Crippen molar-refractivity contribution in [1.29, 1.82) is 0 Å². The van der Waals surface area contributed by atoms with E-state index in [9.17, 15) is 4.79 Å². The SMILES string of the molecule is CCOc1ccc(Cl)cc1CCNC(=O)c1ccc(CN)cc1.Cl. The number of rotatable bonds is 7. The Morgan fingerprint density at radius 1 is 1.21 bits per heavy atom. The number of carbonyl (C=O) groups excluding carboxylic acids is 1. The van der Waals surface area contributed by atoms with Gasteiger partial charge in [0.2, 0.25) is 0 Å². The molecular weight excluding hydrogens is 347 g/mol. The van der Waals surface area contributed by atoms with Crippen LogP contribution in [0.4, 0.5) is 0 Å². The van der Waals surface area contributed by atoms with Crippen LogP contribution in [0.5, 0.6) is 5.75 Å². The van der Waals surface area contributed by atoms with E-state index in [0.717, 1.165) is 16.9 Å². The predicted octanol–water partition coefficient (Wildman–Crippen LogP) is 3.59. The number of ether oxygens (including phenoxy) is 1. The normalized spacial score (nSPS) is 9.96. The highest BCUT2D eigenvalue weighted by Gasteiger charge is 2.07. The molecule has 2 rings (SSSR count). The average molecular weight is 369 g/mol. The predicted molar refractivity (Wildman–Crippen MR) is 100 cm³/mol. The van der Waals surface area contributed by atoms with E-state index < -0.39 is 0 Å². The van der Waals surface area contributed by atoms with E-state index in [4.69, 9.17) is 22.1 Å². The summed E-state index contributed by atoms with van der Waals surface area (Å²) in [5.74, 6) is 0.701.